The molecule has 0 bridgehead atoms. The van der Waals surface area contributed by atoms with E-state index < -0.39 is 10.0 Å². The predicted molar refractivity (Wildman–Crippen MR) is 99.3 cm³/mol. The van der Waals surface area contributed by atoms with Gasteiger partial charge in [0.1, 0.15) is 4.21 Å². The lowest BCUT2D eigenvalue weighted by Crippen LogP contribution is -2.50. The van der Waals surface area contributed by atoms with E-state index in [1.165, 1.54) is 15.6 Å². The zero-order chi connectivity index (χ0) is 17.9. The Balaban J connectivity index is 1.53. The van der Waals surface area contributed by atoms with Gasteiger partial charge in [-0.3, -0.25) is 9.69 Å². The van der Waals surface area contributed by atoms with Crippen LogP contribution >= 0.6 is 11.3 Å². The van der Waals surface area contributed by atoms with Crippen LogP contribution in [-0.2, 0) is 14.8 Å². The van der Waals surface area contributed by atoms with Gasteiger partial charge in [-0.15, -0.1) is 11.3 Å². The second-order valence-electron chi connectivity index (χ2n) is 5.98. The first-order chi connectivity index (χ1) is 12.0. The average molecular weight is 380 g/mol. The highest BCUT2D eigenvalue weighted by molar-refractivity contribution is 7.91. The van der Waals surface area contributed by atoms with Crippen LogP contribution in [0.5, 0.6) is 0 Å². The number of carbonyl (C=O) groups excluding carboxylic acids is 1. The number of amides is 1. The van der Waals surface area contributed by atoms with E-state index in [0.29, 0.717) is 30.4 Å². The molecule has 3 rings (SSSR count). The Morgan fingerprint density at radius 2 is 1.84 bits per heavy atom. The number of rotatable bonds is 5. The van der Waals surface area contributed by atoms with Crippen LogP contribution in [0.3, 0.4) is 0 Å². The van der Waals surface area contributed by atoms with Crippen molar-refractivity contribution in [3.8, 4) is 0 Å². The summed E-state index contributed by atoms with van der Waals surface area (Å²) in [5.74, 6) is -0.0798. The SMILES string of the molecule is Cc1ccccc1NC(=O)CN1CCN(S(=O)(=O)c2cccs2)CC1. The Labute approximate surface area is 152 Å². The van der Waals surface area contributed by atoms with Gasteiger partial charge in [-0.2, -0.15) is 4.31 Å². The number of hydrogen-bond donors (Lipinski definition) is 1. The maximum Gasteiger partial charge on any atom is 0.252 e. The molecule has 1 fully saturated rings. The maximum atomic E-state index is 12.5. The fourth-order valence-corrected chi connectivity index (χ4v) is 5.34. The third-order valence-corrected chi connectivity index (χ3v) is 7.48. The Morgan fingerprint density at radius 1 is 1.12 bits per heavy atom. The van der Waals surface area contributed by atoms with Gasteiger partial charge in [-0.05, 0) is 30.0 Å². The zero-order valence-electron chi connectivity index (χ0n) is 14.0. The molecule has 2 heterocycles. The van der Waals surface area contributed by atoms with Gasteiger partial charge in [0.15, 0.2) is 0 Å². The summed E-state index contributed by atoms with van der Waals surface area (Å²) in [6, 6.07) is 11.0. The number of nitrogens with one attached hydrogen (secondary N) is 1. The number of thiophene rings is 1. The third-order valence-electron chi connectivity index (χ3n) is 4.21. The summed E-state index contributed by atoms with van der Waals surface area (Å²) in [5.41, 5.74) is 1.83. The van der Waals surface area contributed by atoms with Crippen molar-refractivity contribution in [2.75, 3.05) is 38.0 Å². The predicted octanol–water partition coefficient (Wildman–Crippen LogP) is 2.00. The van der Waals surface area contributed by atoms with Gasteiger partial charge in [0, 0.05) is 31.9 Å². The van der Waals surface area contributed by atoms with E-state index in [-0.39, 0.29) is 12.5 Å². The van der Waals surface area contributed by atoms with E-state index in [2.05, 4.69) is 5.32 Å². The lowest BCUT2D eigenvalue weighted by molar-refractivity contribution is -0.117. The van der Waals surface area contributed by atoms with Gasteiger partial charge >= 0.3 is 0 Å². The summed E-state index contributed by atoms with van der Waals surface area (Å²) >= 11 is 1.23. The summed E-state index contributed by atoms with van der Waals surface area (Å²) < 4.78 is 26.9. The molecule has 0 aliphatic carbocycles. The zero-order valence-corrected chi connectivity index (χ0v) is 15.6. The second-order valence-corrected chi connectivity index (χ2v) is 9.09. The molecule has 25 heavy (non-hydrogen) atoms. The maximum absolute atomic E-state index is 12.5. The first-order valence-electron chi connectivity index (χ1n) is 8.08. The van der Waals surface area contributed by atoms with E-state index in [1.54, 1.807) is 17.5 Å². The van der Waals surface area contributed by atoms with Gasteiger partial charge in [0.2, 0.25) is 5.91 Å². The van der Waals surface area contributed by atoms with E-state index in [1.807, 2.05) is 36.1 Å². The second kappa shape index (κ2) is 7.65. The summed E-state index contributed by atoms with van der Waals surface area (Å²) in [6.07, 6.45) is 0. The molecule has 134 valence electrons. The van der Waals surface area contributed by atoms with Gasteiger partial charge in [-0.25, -0.2) is 8.42 Å². The van der Waals surface area contributed by atoms with Crippen molar-refractivity contribution in [3.63, 3.8) is 0 Å². The number of anilines is 1. The number of piperazine rings is 1. The van der Waals surface area contributed by atoms with E-state index in [0.717, 1.165) is 11.3 Å². The standard InChI is InChI=1S/C17H21N3O3S2/c1-14-5-2-3-6-15(14)18-16(21)13-19-8-10-20(11-9-19)25(22,23)17-7-4-12-24-17/h2-7,12H,8-11,13H2,1H3,(H,18,21). The molecule has 1 aromatic carbocycles. The summed E-state index contributed by atoms with van der Waals surface area (Å²) in [4.78, 5) is 14.2. The molecule has 0 radical (unpaired) electrons. The van der Waals surface area contributed by atoms with Crippen LogP contribution in [0, 0.1) is 6.92 Å². The number of hydrogen-bond acceptors (Lipinski definition) is 5. The number of nitrogens with zero attached hydrogens (tertiary/aromatic N) is 2. The first kappa shape index (κ1) is 18.1. The molecule has 1 aliphatic rings. The molecule has 0 saturated carbocycles. The van der Waals surface area contributed by atoms with Gasteiger partial charge in [0.25, 0.3) is 10.0 Å². The fourth-order valence-electron chi connectivity index (χ4n) is 2.77. The third kappa shape index (κ3) is 4.27. The minimum atomic E-state index is -3.40. The van der Waals surface area contributed by atoms with Crippen LogP contribution in [0.15, 0.2) is 46.0 Å². The van der Waals surface area contributed by atoms with Gasteiger partial charge in [0.05, 0.1) is 6.54 Å². The Hall–Kier alpha value is -1.74. The molecule has 1 N–H and O–H groups in total. The average Bonchev–Trinajstić information content (AvgIpc) is 3.13. The highest BCUT2D eigenvalue weighted by atomic mass is 32.2. The molecule has 1 amide bonds. The number of para-hydroxylation sites is 1. The monoisotopic (exact) mass is 379 g/mol. The van der Waals surface area contributed by atoms with E-state index in [9.17, 15) is 13.2 Å². The molecule has 0 atom stereocenters. The first-order valence-corrected chi connectivity index (χ1v) is 10.4. The lowest BCUT2D eigenvalue weighted by atomic mass is 10.2. The largest absolute Gasteiger partial charge is 0.325 e. The van der Waals surface area contributed by atoms with Crippen LogP contribution in [0.25, 0.3) is 0 Å². The molecule has 1 saturated heterocycles. The highest BCUT2D eigenvalue weighted by Crippen LogP contribution is 2.22. The minimum Gasteiger partial charge on any atom is -0.325 e. The smallest absolute Gasteiger partial charge is 0.252 e. The number of aryl methyl sites for hydroxylation is 1. The van der Waals surface area contributed by atoms with Crippen molar-refractivity contribution in [3.05, 3.63) is 47.3 Å². The number of benzene rings is 1. The Kier molecular flexibility index (Phi) is 5.53. The lowest BCUT2D eigenvalue weighted by Gasteiger charge is -2.33. The molecular formula is C17H21N3O3S2. The molecule has 1 aliphatic heterocycles. The van der Waals surface area contributed by atoms with Crippen molar-refractivity contribution >= 4 is 33.0 Å². The molecule has 1 aromatic heterocycles. The molecule has 0 spiro atoms. The molecular weight excluding hydrogens is 358 g/mol. The van der Waals surface area contributed by atoms with Crippen LogP contribution in [0.4, 0.5) is 5.69 Å². The molecule has 2 aromatic rings. The van der Waals surface area contributed by atoms with Crippen LogP contribution in [0.2, 0.25) is 0 Å². The topological polar surface area (TPSA) is 69.7 Å². The van der Waals surface area contributed by atoms with E-state index >= 15 is 0 Å². The number of sulfonamides is 1. The summed E-state index contributed by atoms with van der Waals surface area (Å²) in [5, 5.41) is 4.67. The Morgan fingerprint density at radius 3 is 2.48 bits per heavy atom. The summed E-state index contributed by atoms with van der Waals surface area (Å²) in [6.45, 7) is 4.11. The summed E-state index contributed by atoms with van der Waals surface area (Å²) in [7, 11) is -3.40. The van der Waals surface area contributed by atoms with Gasteiger partial charge in [-0.1, -0.05) is 24.3 Å². The molecule has 8 heteroatoms. The molecule has 6 nitrogen and oxygen atoms in total. The van der Waals surface area contributed by atoms with Gasteiger partial charge < -0.3 is 5.32 Å². The molecule has 0 unspecified atom stereocenters. The fraction of sp³-hybridized carbons (Fsp3) is 0.353. The van der Waals surface area contributed by atoms with Crippen LogP contribution in [0.1, 0.15) is 5.56 Å². The van der Waals surface area contributed by atoms with Crippen LogP contribution < -0.4 is 5.32 Å². The van der Waals surface area contributed by atoms with Crippen molar-refractivity contribution in [2.24, 2.45) is 0 Å². The highest BCUT2D eigenvalue weighted by Gasteiger charge is 2.29. The van der Waals surface area contributed by atoms with Crippen LogP contribution in [-0.4, -0.2) is 56.3 Å². The van der Waals surface area contributed by atoms with Crippen molar-refractivity contribution in [2.45, 2.75) is 11.1 Å². The minimum absolute atomic E-state index is 0.0798. The number of carbonyl (C=O) groups is 1. The van der Waals surface area contributed by atoms with E-state index in [4.69, 9.17) is 0 Å². The van der Waals surface area contributed by atoms with Crippen molar-refractivity contribution in [1.82, 2.24) is 9.21 Å². The Bertz CT molecular complexity index is 827. The normalized spacial score (nSPS) is 16.7. The van der Waals surface area contributed by atoms with Crippen molar-refractivity contribution < 1.29 is 13.2 Å². The van der Waals surface area contributed by atoms with Crippen molar-refractivity contribution in [1.29, 1.82) is 0 Å². The quantitative estimate of drug-likeness (QED) is 0.863.